The molecule has 3 aliphatic rings. The Morgan fingerprint density at radius 2 is 1.93 bits per heavy atom. The lowest BCUT2D eigenvalue weighted by atomic mass is 10.1. The van der Waals surface area contributed by atoms with Gasteiger partial charge in [0.1, 0.15) is 11.5 Å². The van der Waals surface area contributed by atoms with Crippen LogP contribution in [0.5, 0.6) is 0 Å². The first-order chi connectivity index (χ1) is 19.3. The van der Waals surface area contributed by atoms with E-state index in [0.29, 0.717) is 56.1 Å². The van der Waals surface area contributed by atoms with Crippen LogP contribution in [-0.4, -0.2) is 79.3 Å². The first-order valence-electron chi connectivity index (χ1n) is 13.1. The number of ether oxygens (including phenoxy) is 1. The van der Waals surface area contributed by atoms with Gasteiger partial charge < -0.3 is 24.4 Å². The number of carbonyl (C=O) groups is 1. The summed E-state index contributed by atoms with van der Waals surface area (Å²) in [6.07, 6.45) is 4.29. The van der Waals surface area contributed by atoms with E-state index in [1.807, 2.05) is 41.1 Å². The molecule has 0 unspecified atom stereocenters. The van der Waals surface area contributed by atoms with Crippen LogP contribution in [0.3, 0.4) is 0 Å². The Morgan fingerprint density at radius 3 is 2.60 bits per heavy atom. The number of H-pyrrole nitrogens is 1. The lowest BCUT2D eigenvalue weighted by molar-refractivity contribution is -0.113. The molecule has 206 valence electrons. The van der Waals surface area contributed by atoms with E-state index in [-0.39, 0.29) is 11.8 Å². The minimum absolute atomic E-state index is 0.0973. The number of anilines is 3. The molecule has 0 aliphatic carbocycles. The average Bonchev–Trinajstić information content (AvgIpc) is 3.55. The second-order valence-electron chi connectivity index (χ2n) is 10.5. The molecule has 4 aromatic rings. The molecule has 13 heteroatoms. The standard InChI is InChI=1S/C27H27F2N9O2/c1-36-21(24(39)38-14-27(28,29)15-38)8-17-6-7-37(11-22(17)36)26-34-23(19-12-40-13-19)33-25(35-26)32-20-4-2-16(3-5-20)18-9-30-31-10-18/h2-5,8-10,19H,6-7,11-15H2,1H3,(H,30,31)(H,32,33,34,35). The molecule has 2 fully saturated rings. The van der Waals surface area contributed by atoms with Crippen LogP contribution >= 0.6 is 0 Å². The number of aromatic nitrogens is 6. The highest BCUT2D eigenvalue weighted by Gasteiger charge is 2.47. The molecular weight excluding hydrogens is 520 g/mol. The molecule has 2 saturated heterocycles. The molecule has 3 aromatic heterocycles. The molecule has 2 N–H and O–H groups in total. The number of fused-ring (bicyclic) bond motifs is 1. The van der Waals surface area contributed by atoms with Crippen LogP contribution in [0.1, 0.15) is 33.5 Å². The molecule has 6 heterocycles. The average molecular weight is 548 g/mol. The van der Waals surface area contributed by atoms with Gasteiger partial charge in [-0.05, 0) is 35.7 Å². The summed E-state index contributed by atoms with van der Waals surface area (Å²) < 4.78 is 33.9. The van der Waals surface area contributed by atoms with Crippen LogP contribution in [0.15, 0.2) is 42.7 Å². The fourth-order valence-corrected chi connectivity index (χ4v) is 5.27. The number of rotatable bonds is 6. The van der Waals surface area contributed by atoms with E-state index in [2.05, 4.69) is 25.4 Å². The predicted molar refractivity (Wildman–Crippen MR) is 142 cm³/mol. The Balaban J connectivity index is 1.13. The van der Waals surface area contributed by atoms with Gasteiger partial charge in [0.05, 0.1) is 45.0 Å². The highest BCUT2D eigenvalue weighted by molar-refractivity contribution is 5.94. The van der Waals surface area contributed by atoms with Gasteiger partial charge in [0.25, 0.3) is 11.8 Å². The highest BCUT2D eigenvalue weighted by Crippen LogP contribution is 2.32. The van der Waals surface area contributed by atoms with E-state index in [9.17, 15) is 13.6 Å². The summed E-state index contributed by atoms with van der Waals surface area (Å²) in [5.74, 6) is -1.42. The van der Waals surface area contributed by atoms with E-state index in [4.69, 9.17) is 14.7 Å². The number of aromatic amines is 1. The number of benzene rings is 1. The Morgan fingerprint density at radius 1 is 1.12 bits per heavy atom. The van der Waals surface area contributed by atoms with Gasteiger partial charge in [-0.25, -0.2) is 8.78 Å². The van der Waals surface area contributed by atoms with E-state index in [1.54, 1.807) is 13.2 Å². The third-order valence-corrected chi connectivity index (χ3v) is 7.69. The molecule has 0 radical (unpaired) electrons. The normalized spacial score (nSPS) is 18.2. The van der Waals surface area contributed by atoms with Gasteiger partial charge in [-0.15, -0.1) is 0 Å². The lowest BCUT2D eigenvalue weighted by Gasteiger charge is -2.38. The number of hydrogen-bond donors (Lipinski definition) is 2. The van der Waals surface area contributed by atoms with Crippen LogP contribution in [0.2, 0.25) is 0 Å². The summed E-state index contributed by atoms with van der Waals surface area (Å²) in [6.45, 7) is 1.19. The first kappa shape index (κ1) is 24.6. The van der Waals surface area contributed by atoms with Crippen molar-refractivity contribution in [2.75, 3.05) is 43.1 Å². The zero-order chi connectivity index (χ0) is 27.4. The molecule has 1 aromatic carbocycles. The zero-order valence-electron chi connectivity index (χ0n) is 21.8. The minimum Gasteiger partial charge on any atom is -0.380 e. The molecule has 3 aliphatic heterocycles. The number of nitrogens with zero attached hydrogens (tertiary/aromatic N) is 7. The van der Waals surface area contributed by atoms with Gasteiger partial charge in [-0.2, -0.15) is 20.1 Å². The summed E-state index contributed by atoms with van der Waals surface area (Å²) in [5, 5.41) is 10.1. The van der Waals surface area contributed by atoms with Crippen molar-refractivity contribution in [2.45, 2.75) is 24.8 Å². The molecule has 1 amide bonds. The molecule has 0 saturated carbocycles. The summed E-state index contributed by atoms with van der Waals surface area (Å²) in [6, 6.07) is 9.74. The summed E-state index contributed by atoms with van der Waals surface area (Å²) in [4.78, 5) is 30.3. The fourth-order valence-electron chi connectivity index (χ4n) is 5.27. The molecular formula is C27H27F2N9O2. The summed E-state index contributed by atoms with van der Waals surface area (Å²) in [7, 11) is 1.80. The van der Waals surface area contributed by atoms with Crippen LogP contribution in [0.25, 0.3) is 11.1 Å². The van der Waals surface area contributed by atoms with Crippen molar-refractivity contribution in [3.05, 3.63) is 65.5 Å². The van der Waals surface area contributed by atoms with Gasteiger partial charge in [-0.1, -0.05) is 12.1 Å². The van der Waals surface area contributed by atoms with Crippen LogP contribution in [0, 0.1) is 0 Å². The molecule has 11 nitrogen and oxygen atoms in total. The predicted octanol–water partition coefficient (Wildman–Crippen LogP) is 3.11. The minimum atomic E-state index is -2.80. The van der Waals surface area contributed by atoms with Crippen molar-refractivity contribution in [3.8, 4) is 11.1 Å². The molecule has 40 heavy (non-hydrogen) atoms. The van der Waals surface area contributed by atoms with Crippen molar-refractivity contribution in [2.24, 2.45) is 7.05 Å². The highest BCUT2D eigenvalue weighted by atomic mass is 19.3. The van der Waals surface area contributed by atoms with Crippen molar-refractivity contribution in [1.82, 2.24) is 34.6 Å². The Bertz CT molecular complexity index is 1560. The maximum atomic E-state index is 13.4. The first-order valence-corrected chi connectivity index (χ1v) is 13.1. The van der Waals surface area contributed by atoms with E-state index in [1.165, 1.54) is 4.90 Å². The van der Waals surface area contributed by atoms with E-state index < -0.39 is 19.0 Å². The van der Waals surface area contributed by atoms with Gasteiger partial charge in [0.15, 0.2) is 0 Å². The Hall–Kier alpha value is -4.39. The van der Waals surface area contributed by atoms with Gasteiger partial charge in [-0.3, -0.25) is 9.89 Å². The summed E-state index contributed by atoms with van der Waals surface area (Å²) in [5.41, 5.74) is 5.27. The number of hydrogen-bond acceptors (Lipinski definition) is 8. The number of nitrogens with one attached hydrogen (secondary N) is 2. The van der Waals surface area contributed by atoms with Gasteiger partial charge in [0, 0.05) is 36.7 Å². The number of alkyl halides is 2. The van der Waals surface area contributed by atoms with E-state index in [0.717, 1.165) is 28.1 Å². The molecule has 0 atom stereocenters. The smallest absolute Gasteiger partial charge is 0.282 e. The van der Waals surface area contributed by atoms with Gasteiger partial charge >= 0.3 is 0 Å². The third-order valence-electron chi connectivity index (χ3n) is 7.69. The zero-order valence-corrected chi connectivity index (χ0v) is 21.8. The van der Waals surface area contributed by atoms with Crippen molar-refractivity contribution < 1.29 is 18.3 Å². The van der Waals surface area contributed by atoms with Gasteiger partial charge in [0.2, 0.25) is 11.9 Å². The topological polar surface area (TPSA) is 117 Å². The van der Waals surface area contributed by atoms with Crippen LogP contribution < -0.4 is 10.2 Å². The largest absolute Gasteiger partial charge is 0.380 e. The van der Waals surface area contributed by atoms with Crippen LogP contribution in [0.4, 0.5) is 26.4 Å². The monoisotopic (exact) mass is 547 g/mol. The summed E-state index contributed by atoms with van der Waals surface area (Å²) >= 11 is 0. The quantitative estimate of drug-likeness (QED) is 0.378. The van der Waals surface area contributed by atoms with E-state index >= 15 is 0 Å². The molecule has 0 bridgehead atoms. The van der Waals surface area contributed by atoms with Crippen molar-refractivity contribution in [3.63, 3.8) is 0 Å². The molecule has 7 rings (SSSR count). The lowest BCUT2D eigenvalue weighted by Crippen LogP contribution is -2.58. The second-order valence-corrected chi connectivity index (χ2v) is 10.5. The maximum Gasteiger partial charge on any atom is 0.282 e. The number of halogens is 2. The van der Waals surface area contributed by atoms with Crippen molar-refractivity contribution >= 4 is 23.5 Å². The second kappa shape index (κ2) is 9.37. The third kappa shape index (κ3) is 4.45. The molecule has 0 spiro atoms. The fraction of sp³-hybridized carbons (Fsp3) is 0.370. The Kier molecular flexibility index (Phi) is 5.77. The number of carbonyl (C=O) groups excluding carboxylic acids is 1. The maximum absolute atomic E-state index is 13.4. The SMILES string of the molecule is Cn1c(C(=O)N2CC(F)(F)C2)cc2c1CN(c1nc(Nc3ccc(-c4cn[nH]c4)cc3)nc(C3COC3)n1)CC2. The van der Waals surface area contributed by atoms with Crippen LogP contribution in [-0.2, 0) is 24.8 Å². The Labute approximate surface area is 228 Å². The number of amides is 1. The van der Waals surface area contributed by atoms with Crippen molar-refractivity contribution in [1.29, 1.82) is 0 Å². The number of likely N-dealkylation sites (tertiary alicyclic amines) is 1.